The minimum Gasteiger partial charge on any atom is -0.507 e. The Labute approximate surface area is 190 Å². The second-order valence-corrected chi connectivity index (χ2v) is 7.63. The Balaban J connectivity index is 1.30. The molecule has 0 saturated carbocycles. The van der Waals surface area contributed by atoms with Crippen molar-refractivity contribution in [2.24, 2.45) is 0 Å². The molecule has 0 atom stereocenters. The number of nitrogens with one attached hydrogen (secondary N) is 2. The van der Waals surface area contributed by atoms with E-state index < -0.39 is 11.8 Å². The highest BCUT2D eigenvalue weighted by molar-refractivity contribution is 6.02. The fourth-order valence-electron chi connectivity index (χ4n) is 3.40. The molecule has 1 aromatic heterocycles. The molecule has 0 radical (unpaired) electrons. The van der Waals surface area contributed by atoms with Crippen LogP contribution in [0.5, 0.6) is 11.5 Å². The van der Waals surface area contributed by atoms with Crippen molar-refractivity contribution in [2.45, 2.75) is 26.9 Å². The third-order valence-electron chi connectivity index (χ3n) is 5.28. The molecule has 1 heterocycles. The molecular formula is C25H23N3O5. The average molecular weight is 445 g/mol. The van der Waals surface area contributed by atoms with Crippen LogP contribution in [0, 0.1) is 13.8 Å². The summed E-state index contributed by atoms with van der Waals surface area (Å²) in [6.45, 7) is 4.03. The van der Waals surface area contributed by atoms with E-state index in [2.05, 4.69) is 16.0 Å². The Bertz CT molecular complexity index is 1290. The molecule has 4 rings (SSSR count). The summed E-state index contributed by atoms with van der Waals surface area (Å²) in [5, 5.41) is 15.7. The summed E-state index contributed by atoms with van der Waals surface area (Å²) in [6.07, 6.45) is 0.0636. The number of aryl methyl sites for hydroxylation is 2. The van der Waals surface area contributed by atoms with Gasteiger partial charge in [-0.1, -0.05) is 41.6 Å². The summed E-state index contributed by atoms with van der Waals surface area (Å²) in [5.41, 5.74) is 7.25. The number of phenolic OH excluding ortho intramolecular Hbond substituents is 1. The predicted octanol–water partition coefficient (Wildman–Crippen LogP) is 3.73. The van der Waals surface area contributed by atoms with E-state index in [1.165, 1.54) is 6.07 Å². The number of hydrazine groups is 1. The minimum atomic E-state index is -0.602. The summed E-state index contributed by atoms with van der Waals surface area (Å²) in [6, 6.07) is 17.6. The monoisotopic (exact) mass is 445 g/mol. The molecular weight excluding hydrogens is 422 g/mol. The fourth-order valence-corrected chi connectivity index (χ4v) is 3.40. The van der Waals surface area contributed by atoms with Crippen molar-refractivity contribution < 1.29 is 24.0 Å². The van der Waals surface area contributed by atoms with E-state index in [1.807, 2.05) is 38.1 Å². The number of benzene rings is 3. The molecule has 0 spiro atoms. The summed E-state index contributed by atoms with van der Waals surface area (Å²) >= 11 is 0. The van der Waals surface area contributed by atoms with Crippen molar-refractivity contribution >= 4 is 22.6 Å². The van der Waals surface area contributed by atoms with Crippen molar-refractivity contribution in [1.82, 2.24) is 16.0 Å². The molecule has 8 nitrogen and oxygen atoms in total. The average Bonchev–Trinajstić information content (AvgIpc) is 3.13. The highest BCUT2D eigenvalue weighted by Crippen LogP contribution is 2.24. The molecule has 0 saturated heterocycles. The smallest absolute Gasteiger partial charge is 0.273 e. The quantitative estimate of drug-likeness (QED) is 0.390. The second kappa shape index (κ2) is 9.44. The third-order valence-corrected chi connectivity index (χ3v) is 5.28. The second-order valence-electron chi connectivity index (χ2n) is 7.63. The molecule has 2 amide bonds. The summed E-state index contributed by atoms with van der Waals surface area (Å²) in [7, 11) is 0. The Morgan fingerprint density at radius 3 is 2.36 bits per heavy atom. The number of amides is 2. The lowest BCUT2D eigenvalue weighted by molar-refractivity contribution is -0.121. The van der Waals surface area contributed by atoms with Gasteiger partial charge in [0.1, 0.15) is 23.9 Å². The van der Waals surface area contributed by atoms with Crippen LogP contribution < -0.4 is 15.6 Å². The van der Waals surface area contributed by atoms with Crippen LogP contribution in [-0.4, -0.2) is 22.1 Å². The number of fused-ring (bicyclic) bond motifs is 1. The van der Waals surface area contributed by atoms with Crippen LogP contribution in [-0.2, 0) is 17.8 Å². The lowest BCUT2D eigenvalue weighted by Gasteiger charge is -2.10. The first-order chi connectivity index (χ1) is 15.9. The molecule has 0 unspecified atom stereocenters. The minimum absolute atomic E-state index is 0.0636. The first-order valence-electron chi connectivity index (χ1n) is 10.3. The van der Waals surface area contributed by atoms with Crippen LogP contribution in [0.3, 0.4) is 0 Å². The Hall–Kier alpha value is -4.33. The van der Waals surface area contributed by atoms with Gasteiger partial charge in [-0.15, -0.1) is 0 Å². The van der Waals surface area contributed by atoms with E-state index in [0.717, 1.165) is 33.4 Å². The van der Waals surface area contributed by atoms with E-state index in [4.69, 9.17) is 9.26 Å². The molecule has 33 heavy (non-hydrogen) atoms. The number of hydrogen-bond donors (Lipinski definition) is 3. The topological polar surface area (TPSA) is 114 Å². The van der Waals surface area contributed by atoms with Crippen LogP contribution in [0.2, 0.25) is 0 Å². The summed E-state index contributed by atoms with van der Waals surface area (Å²) in [4.78, 5) is 24.7. The lowest BCUT2D eigenvalue weighted by Crippen LogP contribution is -2.42. The number of nitrogens with zero attached hydrogens (tertiary/aromatic N) is 1. The molecule has 0 bridgehead atoms. The first-order valence-corrected chi connectivity index (χ1v) is 10.3. The summed E-state index contributed by atoms with van der Waals surface area (Å²) < 4.78 is 10.9. The fraction of sp³-hybridized carbons (Fsp3) is 0.160. The number of carbonyl (C=O) groups excluding carboxylic acids is 2. The lowest BCUT2D eigenvalue weighted by atomic mass is 10.1. The number of aromatic nitrogens is 1. The van der Waals surface area contributed by atoms with Crippen LogP contribution in [0.15, 0.2) is 65.2 Å². The van der Waals surface area contributed by atoms with E-state index in [9.17, 15) is 14.7 Å². The summed E-state index contributed by atoms with van der Waals surface area (Å²) in [5.74, 6) is 0.217. The first kappa shape index (κ1) is 21.9. The van der Waals surface area contributed by atoms with Crippen molar-refractivity contribution in [3.8, 4) is 11.5 Å². The van der Waals surface area contributed by atoms with Gasteiger partial charge in [-0.3, -0.25) is 20.4 Å². The molecule has 8 heteroatoms. The normalized spacial score (nSPS) is 10.7. The Morgan fingerprint density at radius 2 is 1.70 bits per heavy atom. The molecule has 4 aromatic rings. The van der Waals surface area contributed by atoms with E-state index >= 15 is 0 Å². The van der Waals surface area contributed by atoms with Gasteiger partial charge in [-0.25, -0.2) is 0 Å². The highest BCUT2D eigenvalue weighted by Gasteiger charge is 2.14. The molecule has 168 valence electrons. The van der Waals surface area contributed by atoms with Crippen LogP contribution >= 0.6 is 0 Å². The van der Waals surface area contributed by atoms with Crippen LogP contribution in [0.1, 0.15) is 32.9 Å². The largest absolute Gasteiger partial charge is 0.507 e. The van der Waals surface area contributed by atoms with Crippen LogP contribution in [0.25, 0.3) is 10.8 Å². The van der Waals surface area contributed by atoms with Crippen molar-refractivity contribution in [3.63, 3.8) is 0 Å². The van der Waals surface area contributed by atoms with E-state index in [0.29, 0.717) is 12.4 Å². The van der Waals surface area contributed by atoms with E-state index in [-0.39, 0.29) is 17.7 Å². The van der Waals surface area contributed by atoms with Gasteiger partial charge in [0.2, 0.25) is 5.91 Å². The number of ether oxygens (including phenoxy) is 1. The molecule has 3 N–H and O–H groups in total. The third kappa shape index (κ3) is 5.12. The number of hydrogen-bond acceptors (Lipinski definition) is 6. The maximum absolute atomic E-state index is 12.4. The maximum Gasteiger partial charge on any atom is 0.273 e. The SMILES string of the molecule is Cc1noc(C)c1COc1ccc(CC(=O)NNC(=O)c2cc3ccccc3cc2O)cc1. The van der Waals surface area contributed by atoms with Crippen molar-refractivity contribution in [1.29, 1.82) is 0 Å². The van der Waals surface area contributed by atoms with Crippen LogP contribution in [0.4, 0.5) is 0 Å². The zero-order chi connectivity index (χ0) is 23.4. The van der Waals surface area contributed by atoms with Gasteiger partial charge in [0, 0.05) is 0 Å². The van der Waals surface area contributed by atoms with Gasteiger partial charge in [0.05, 0.1) is 23.2 Å². The van der Waals surface area contributed by atoms with Gasteiger partial charge in [0.25, 0.3) is 5.91 Å². The van der Waals surface area contributed by atoms with Gasteiger partial charge in [-0.2, -0.15) is 0 Å². The number of phenols is 1. The van der Waals surface area contributed by atoms with Gasteiger partial charge >= 0.3 is 0 Å². The highest BCUT2D eigenvalue weighted by atomic mass is 16.5. The van der Waals surface area contributed by atoms with Crippen molar-refractivity contribution in [2.75, 3.05) is 0 Å². The maximum atomic E-state index is 12.4. The number of carbonyl (C=O) groups is 2. The molecule has 3 aromatic carbocycles. The zero-order valence-corrected chi connectivity index (χ0v) is 18.2. The molecule has 0 fully saturated rings. The standard InChI is InChI=1S/C25H23N3O5/c1-15-22(16(2)33-28-15)14-32-20-9-7-17(8-10-20)11-24(30)26-27-25(31)21-12-18-5-3-4-6-19(18)13-23(21)29/h3-10,12-13,29H,11,14H2,1-2H3,(H,26,30)(H,27,31). The van der Waals surface area contributed by atoms with Crippen molar-refractivity contribution in [3.05, 3.63) is 88.8 Å². The van der Waals surface area contributed by atoms with Gasteiger partial charge in [-0.05, 0) is 54.4 Å². The predicted molar refractivity (Wildman–Crippen MR) is 122 cm³/mol. The van der Waals surface area contributed by atoms with Gasteiger partial charge < -0.3 is 14.4 Å². The Morgan fingerprint density at radius 1 is 1.00 bits per heavy atom. The van der Waals surface area contributed by atoms with Gasteiger partial charge in [0.15, 0.2) is 0 Å². The zero-order valence-electron chi connectivity index (χ0n) is 18.2. The molecule has 0 aliphatic carbocycles. The molecule has 0 aliphatic rings. The Kier molecular flexibility index (Phi) is 6.26. The van der Waals surface area contributed by atoms with E-state index in [1.54, 1.807) is 30.3 Å². The number of aromatic hydroxyl groups is 1. The number of rotatable bonds is 6. The molecule has 0 aliphatic heterocycles.